The van der Waals surface area contributed by atoms with Crippen LogP contribution in [0.5, 0.6) is 0 Å². The minimum atomic E-state index is -1.15. The Kier molecular flexibility index (Phi) is 4.54. The van der Waals surface area contributed by atoms with Gasteiger partial charge in [-0.15, -0.1) is 22.7 Å². The van der Waals surface area contributed by atoms with Crippen molar-refractivity contribution in [2.45, 2.75) is 12.0 Å². The molecule has 1 unspecified atom stereocenters. The fraction of sp³-hybridized carbons (Fsp3) is 0.263. The fourth-order valence-electron chi connectivity index (χ4n) is 3.59. The van der Waals surface area contributed by atoms with Crippen molar-refractivity contribution in [1.29, 1.82) is 0 Å². The molecule has 2 aliphatic heterocycles. The van der Waals surface area contributed by atoms with Crippen LogP contribution >= 0.6 is 22.7 Å². The second-order valence-electron chi connectivity index (χ2n) is 7.19. The molecule has 30 heavy (non-hydrogen) atoms. The summed E-state index contributed by atoms with van der Waals surface area (Å²) in [5, 5.41) is 26.4. The second-order valence-corrected chi connectivity index (χ2v) is 8.94. The van der Waals surface area contributed by atoms with Crippen molar-refractivity contribution in [3.8, 4) is 0 Å². The van der Waals surface area contributed by atoms with E-state index in [9.17, 15) is 19.8 Å². The van der Waals surface area contributed by atoms with Gasteiger partial charge in [0.15, 0.2) is 5.13 Å². The van der Waals surface area contributed by atoms with Crippen LogP contribution in [0.3, 0.4) is 0 Å². The molecule has 0 aliphatic carbocycles. The summed E-state index contributed by atoms with van der Waals surface area (Å²) in [6.45, 7) is 0.487. The number of hydrogen-bond donors (Lipinski definition) is 3. The zero-order valence-corrected chi connectivity index (χ0v) is 17.2. The zero-order chi connectivity index (χ0) is 20.9. The number of nitrogens with zero attached hydrogens (tertiary/aromatic N) is 4. The van der Waals surface area contributed by atoms with Crippen LogP contribution in [0.1, 0.15) is 26.6 Å². The lowest BCUT2D eigenvalue weighted by Gasteiger charge is -2.27. The molecule has 0 spiro atoms. The van der Waals surface area contributed by atoms with Gasteiger partial charge in [0.2, 0.25) is 0 Å². The number of carbonyl (C=O) groups excluding carboxylic acids is 2. The Hall–Kier alpha value is -2.86. The third-order valence-corrected chi connectivity index (χ3v) is 6.93. The van der Waals surface area contributed by atoms with Gasteiger partial charge >= 0.3 is 0 Å². The van der Waals surface area contributed by atoms with Gasteiger partial charge in [-0.2, -0.15) is 0 Å². The van der Waals surface area contributed by atoms with E-state index in [0.717, 1.165) is 5.69 Å². The molecule has 0 aromatic carbocycles. The maximum Gasteiger partial charge on any atom is 0.276 e. The van der Waals surface area contributed by atoms with E-state index in [2.05, 4.69) is 15.3 Å². The first kappa shape index (κ1) is 19.1. The number of pyridine rings is 1. The van der Waals surface area contributed by atoms with Gasteiger partial charge in [-0.1, -0.05) is 0 Å². The van der Waals surface area contributed by atoms with E-state index in [0.29, 0.717) is 34.3 Å². The molecule has 154 valence electrons. The number of thiophene rings is 1. The van der Waals surface area contributed by atoms with Crippen LogP contribution in [-0.2, 0) is 0 Å². The van der Waals surface area contributed by atoms with Gasteiger partial charge in [0.25, 0.3) is 11.8 Å². The molecule has 3 aromatic rings. The van der Waals surface area contributed by atoms with Gasteiger partial charge in [0.1, 0.15) is 16.2 Å². The predicted octanol–water partition coefficient (Wildman–Crippen LogP) is 2.08. The summed E-state index contributed by atoms with van der Waals surface area (Å²) in [6, 6.07) is 3.61. The van der Waals surface area contributed by atoms with E-state index in [-0.39, 0.29) is 24.8 Å². The molecule has 5 heterocycles. The maximum absolute atomic E-state index is 12.8. The molecule has 5 rings (SSSR count). The van der Waals surface area contributed by atoms with Crippen molar-refractivity contribution in [2.24, 2.45) is 0 Å². The van der Waals surface area contributed by atoms with Crippen LogP contribution in [0.2, 0.25) is 0 Å². The first-order chi connectivity index (χ1) is 14.5. The van der Waals surface area contributed by atoms with Crippen LogP contribution in [0, 0.1) is 0 Å². The molecule has 1 atom stereocenters. The Balaban J connectivity index is 1.34. The van der Waals surface area contributed by atoms with Crippen LogP contribution in [0.25, 0.3) is 0 Å². The zero-order valence-electron chi connectivity index (χ0n) is 15.6. The van der Waals surface area contributed by atoms with E-state index in [1.807, 2.05) is 16.3 Å². The second kappa shape index (κ2) is 7.13. The lowest BCUT2D eigenvalue weighted by atomic mass is 10.1. The summed E-state index contributed by atoms with van der Waals surface area (Å²) in [5.74, 6) is -0.525. The number of anilines is 4. The summed E-state index contributed by atoms with van der Waals surface area (Å²) in [5.41, 5.74) is 1.05. The van der Waals surface area contributed by atoms with Gasteiger partial charge in [0.05, 0.1) is 29.9 Å². The minimum Gasteiger partial charge on any atom is -0.393 e. The molecule has 0 radical (unpaired) electrons. The molecule has 9 nitrogen and oxygen atoms in total. The van der Waals surface area contributed by atoms with Crippen LogP contribution in [0.15, 0.2) is 35.3 Å². The average molecular weight is 444 g/mol. The van der Waals surface area contributed by atoms with Gasteiger partial charge in [-0.25, -0.2) is 9.88 Å². The monoisotopic (exact) mass is 443 g/mol. The highest BCUT2D eigenvalue weighted by molar-refractivity contribution is 7.16. The average Bonchev–Trinajstić information content (AvgIpc) is 3.48. The smallest absolute Gasteiger partial charge is 0.276 e. The Morgan fingerprint density at radius 2 is 2.17 bits per heavy atom. The maximum atomic E-state index is 12.8. The standard InChI is InChI=1S/C19H17N5O4S2/c25-10-19(28)3-5-23(9-19)13-1-4-20-7-11(13)21-16(26)12-8-30-18(22-12)24-14-2-6-29-15(14)17(24)27/h1-2,4,6-8,25,28H,3,5,9-10H2,(H,21,26). The lowest BCUT2D eigenvalue weighted by molar-refractivity contribution is 0.00477. The molecule has 2 amide bonds. The van der Waals surface area contributed by atoms with Gasteiger partial charge in [-0.3, -0.25) is 14.6 Å². The molecule has 1 fully saturated rings. The molecule has 3 aromatic heterocycles. The molecule has 2 aliphatic rings. The highest BCUT2D eigenvalue weighted by atomic mass is 32.1. The highest BCUT2D eigenvalue weighted by Crippen LogP contribution is 2.43. The summed E-state index contributed by atoms with van der Waals surface area (Å²) < 4.78 is 0. The molecule has 11 heteroatoms. The number of hydrogen-bond acceptors (Lipinski definition) is 9. The summed E-state index contributed by atoms with van der Waals surface area (Å²) in [6.07, 6.45) is 3.58. The Morgan fingerprint density at radius 1 is 1.30 bits per heavy atom. The number of β-amino-alcohol motifs (C(OH)–C–C–N with tert-alkyl or cyclic N) is 1. The molecular weight excluding hydrogens is 426 g/mol. The lowest BCUT2D eigenvalue weighted by Crippen LogP contribution is -2.37. The first-order valence-electron chi connectivity index (χ1n) is 9.20. The number of fused-ring (bicyclic) bond motifs is 1. The molecule has 0 bridgehead atoms. The number of rotatable bonds is 5. The summed E-state index contributed by atoms with van der Waals surface area (Å²) in [4.78, 5) is 37.5. The van der Waals surface area contributed by atoms with Crippen molar-refractivity contribution < 1.29 is 19.8 Å². The number of aromatic nitrogens is 2. The fourth-order valence-corrected chi connectivity index (χ4v) is 5.21. The molecule has 3 N–H and O–H groups in total. The van der Waals surface area contributed by atoms with E-state index >= 15 is 0 Å². The topological polar surface area (TPSA) is 119 Å². The van der Waals surface area contributed by atoms with Crippen molar-refractivity contribution in [1.82, 2.24) is 9.97 Å². The third kappa shape index (κ3) is 3.06. The predicted molar refractivity (Wildman–Crippen MR) is 114 cm³/mol. The number of thiazole rings is 1. The van der Waals surface area contributed by atoms with Crippen LogP contribution < -0.4 is 15.1 Å². The quantitative estimate of drug-likeness (QED) is 0.552. The van der Waals surface area contributed by atoms with Crippen molar-refractivity contribution in [3.63, 3.8) is 0 Å². The minimum absolute atomic E-state index is 0.110. The molecular formula is C19H17N5O4S2. The highest BCUT2D eigenvalue weighted by Gasteiger charge is 2.38. The summed E-state index contributed by atoms with van der Waals surface area (Å²) >= 11 is 2.62. The normalized spacial score (nSPS) is 20.3. The van der Waals surface area contributed by atoms with Crippen LogP contribution in [-0.4, -0.2) is 57.3 Å². The number of aliphatic hydroxyl groups excluding tert-OH is 1. The van der Waals surface area contributed by atoms with Crippen molar-refractivity contribution >= 4 is 56.7 Å². The van der Waals surface area contributed by atoms with Gasteiger partial charge < -0.3 is 20.4 Å². The van der Waals surface area contributed by atoms with Crippen LogP contribution in [0.4, 0.5) is 22.2 Å². The van der Waals surface area contributed by atoms with E-state index in [1.54, 1.807) is 17.6 Å². The Bertz CT molecular complexity index is 1150. The molecule has 1 saturated heterocycles. The summed E-state index contributed by atoms with van der Waals surface area (Å²) in [7, 11) is 0. The van der Waals surface area contributed by atoms with Crippen molar-refractivity contribution in [2.75, 3.05) is 34.8 Å². The number of aliphatic hydroxyl groups is 2. The SMILES string of the molecule is O=C(Nc1cnccc1N1CCC(O)(CO)C1)c1csc(N2C(=O)c3sccc32)n1. The van der Waals surface area contributed by atoms with Gasteiger partial charge in [0, 0.05) is 24.7 Å². The largest absolute Gasteiger partial charge is 0.393 e. The van der Waals surface area contributed by atoms with Crippen molar-refractivity contribution in [3.05, 3.63) is 45.9 Å². The third-order valence-electron chi connectivity index (χ3n) is 5.21. The Morgan fingerprint density at radius 3 is 2.97 bits per heavy atom. The molecule has 0 saturated carbocycles. The van der Waals surface area contributed by atoms with E-state index in [1.165, 1.54) is 33.8 Å². The number of amides is 2. The number of nitrogens with one attached hydrogen (secondary N) is 1. The first-order valence-corrected chi connectivity index (χ1v) is 11.0. The van der Waals surface area contributed by atoms with Gasteiger partial charge in [-0.05, 0) is 23.9 Å². The van der Waals surface area contributed by atoms with E-state index in [4.69, 9.17) is 0 Å². The van der Waals surface area contributed by atoms with E-state index < -0.39 is 11.5 Å². The Labute approximate surface area is 179 Å². The number of carbonyl (C=O) groups is 2.